The molecule has 0 radical (unpaired) electrons. The average Bonchev–Trinajstić information content (AvgIpc) is 2.76. The van der Waals surface area contributed by atoms with Crippen molar-refractivity contribution in [1.29, 1.82) is 0 Å². The van der Waals surface area contributed by atoms with Gasteiger partial charge in [-0.25, -0.2) is 0 Å². The fourth-order valence-electron chi connectivity index (χ4n) is 3.75. The Hall–Kier alpha value is -2.17. The maximum absolute atomic E-state index is 12.3. The maximum Gasteiger partial charge on any atom is 0.303 e. The molecule has 0 heterocycles. The summed E-state index contributed by atoms with van der Waals surface area (Å²) in [5.74, 6) is -1.89. The van der Waals surface area contributed by atoms with E-state index >= 15 is 0 Å². The molecule has 0 saturated carbocycles. The van der Waals surface area contributed by atoms with E-state index in [0.29, 0.717) is 12.8 Å². The Balaban J connectivity index is 2.22. The van der Waals surface area contributed by atoms with E-state index in [2.05, 4.69) is 12.2 Å². The van der Waals surface area contributed by atoms with E-state index in [9.17, 15) is 14.4 Å². The molecule has 31 heavy (non-hydrogen) atoms. The van der Waals surface area contributed by atoms with Crippen LogP contribution in [0, 0.1) is 0 Å². The molecule has 5 heteroatoms. The van der Waals surface area contributed by atoms with E-state index in [1.807, 2.05) is 30.3 Å². The third-order valence-electron chi connectivity index (χ3n) is 5.63. The smallest absolute Gasteiger partial charge is 0.303 e. The summed E-state index contributed by atoms with van der Waals surface area (Å²) >= 11 is 0. The van der Waals surface area contributed by atoms with Crippen LogP contribution in [-0.2, 0) is 20.8 Å². The minimum atomic E-state index is -0.903. The van der Waals surface area contributed by atoms with Gasteiger partial charge in [0, 0.05) is 18.9 Å². The number of rotatable bonds is 19. The molecule has 1 atom stereocenters. The first-order valence-corrected chi connectivity index (χ1v) is 12.1. The number of nitrogens with one attached hydrogen (secondary N) is 1. The molecule has 0 aliphatic rings. The number of carbonyl (C=O) groups is 3. The van der Waals surface area contributed by atoms with Crippen molar-refractivity contribution in [2.45, 2.75) is 109 Å². The topological polar surface area (TPSA) is 83.5 Å². The Kier molecular flexibility index (Phi) is 15.2. The molecule has 0 aliphatic carbocycles. The van der Waals surface area contributed by atoms with Crippen LogP contribution in [0.5, 0.6) is 0 Å². The number of hydrogen-bond donors (Lipinski definition) is 2. The first-order chi connectivity index (χ1) is 15.0. The number of carboxylic acid groups (broad SMARTS) is 1. The number of benzene rings is 1. The highest BCUT2D eigenvalue weighted by Crippen LogP contribution is 2.12. The molecule has 0 bridgehead atoms. The second-order valence-corrected chi connectivity index (χ2v) is 8.50. The lowest BCUT2D eigenvalue weighted by molar-refractivity contribution is -0.139. The van der Waals surface area contributed by atoms with Gasteiger partial charge < -0.3 is 10.4 Å². The van der Waals surface area contributed by atoms with Crippen LogP contribution in [0.15, 0.2) is 30.3 Å². The van der Waals surface area contributed by atoms with Crippen molar-refractivity contribution in [2.24, 2.45) is 0 Å². The highest BCUT2D eigenvalue weighted by atomic mass is 16.4. The number of carbonyl (C=O) groups excluding carboxylic acids is 2. The van der Waals surface area contributed by atoms with Gasteiger partial charge in [-0.3, -0.25) is 14.4 Å². The third kappa shape index (κ3) is 14.5. The highest BCUT2D eigenvalue weighted by molar-refractivity contribution is 6.36. The van der Waals surface area contributed by atoms with Gasteiger partial charge in [-0.2, -0.15) is 0 Å². The van der Waals surface area contributed by atoms with E-state index in [4.69, 9.17) is 5.11 Å². The summed E-state index contributed by atoms with van der Waals surface area (Å²) in [6.07, 6.45) is 14.3. The standard InChI is InChI=1S/C26H41NO4/c1-2-3-4-5-6-7-8-9-10-11-15-18-24(28)26(31)27-23(19-20-25(29)30)21-22-16-13-12-14-17-22/h12-14,16-17,23H,2-11,15,18-21H2,1H3,(H,27,31)(H,29,30)/t23-/m1/s1. The van der Waals surface area contributed by atoms with Gasteiger partial charge in [-0.1, -0.05) is 101 Å². The predicted octanol–water partition coefficient (Wildman–Crippen LogP) is 5.85. The zero-order valence-corrected chi connectivity index (χ0v) is 19.2. The number of ketones is 1. The summed E-state index contributed by atoms with van der Waals surface area (Å²) in [5.41, 5.74) is 1.01. The van der Waals surface area contributed by atoms with Crippen LogP contribution in [-0.4, -0.2) is 28.8 Å². The van der Waals surface area contributed by atoms with Crippen LogP contribution in [0.4, 0.5) is 0 Å². The Morgan fingerprint density at radius 2 is 1.35 bits per heavy atom. The second kappa shape index (κ2) is 17.5. The summed E-state index contributed by atoms with van der Waals surface area (Å²) in [4.78, 5) is 35.4. The number of carboxylic acids is 1. The molecule has 0 aromatic heterocycles. The van der Waals surface area contributed by atoms with Gasteiger partial charge >= 0.3 is 5.97 Å². The molecule has 5 nitrogen and oxygen atoms in total. The fraction of sp³-hybridized carbons (Fsp3) is 0.654. The number of unbranched alkanes of at least 4 members (excludes halogenated alkanes) is 10. The molecular formula is C26H41NO4. The summed E-state index contributed by atoms with van der Waals surface area (Å²) in [6.45, 7) is 2.23. The Morgan fingerprint density at radius 1 is 0.806 bits per heavy atom. The Morgan fingerprint density at radius 3 is 1.90 bits per heavy atom. The highest BCUT2D eigenvalue weighted by Gasteiger charge is 2.19. The fourth-order valence-corrected chi connectivity index (χ4v) is 3.75. The normalized spacial score (nSPS) is 11.8. The molecule has 0 aliphatic heterocycles. The Labute approximate surface area is 188 Å². The molecule has 0 fully saturated rings. The molecule has 1 aromatic carbocycles. The van der Waals surface area contributed by atoms with Crippen molar-refractivity contribution in [1.82, 2.24) is 5.32 Å². The number of aliphatic carboxylic acids is 1. The summed E-state index contributed by atoms with van der Waals surface area (Å²) < 4.78 is 0. The van der Waals surface area contributed by atoms with E-state index in [-0.39, 0.29) is 18.9 Å². The zero-order chi connectivity index (χ0) is 22.7. The van der Waals surface area contributed by atoms with Crippen molar-refractivity contribution in [3.63, 3.8) is 0 Å². The SMILES string of the molecule is CCCCCCCCCCCCCC(=O)C(=O)N[C@H](CCC(=O)O)Cc1ccccc1. The van der Waals surface area contributed by atoms with Gasteiger partial charge in [0.1, 0.15) is 0 Å². The predicted molar refractivity (Wildman–Crippen MR) is 125 cm³/mol. The first-order valence-electron chi connectivity index (χ1n) is 12.1. The van der Waals surface area contributed by atoms with E-state index in [1.165, 1.54) is 51.4 Å². The zero-order valence-electron chi connectivity index (χ0n) is 19.2. The number of amides is 1. The Bertz CT molecular complexity index is 630. The largest absolute Gasteiger partial charge is 0.481 e. The van der Waals surface area contributed by atoms with Crippen LogP contribution in [0.2, 0.25) is 0 Å². The second-order valence-electron chi connectivity index (χ2n) is 8.50. The molecule has 0 saturated heterocycles. The van der Waals surface area contributed by atoms with Gasteiger partial charge in [-0.05, 0) is 24.8 Å². The minimum Gasteiger partial charge on any atom is -0.481 e. The van der Waals surface area contributed by atoms with Gasteiger partial charge in [0.2, 0.25) is 5.78 Å². The minimum absolute atomic E-state index is 0.0371. The van der Waals surface area contributed by atoms with E-state index < -0.39 is 17.7 Å². The van der Waals surface area contributed by atoms with Crippen LogP contribution in [0.3, 0.4) is 0 Å². The van der Waals surface area contributed by atoms with Crippen LogP contribution in [0.25, 0.3) is 0 Å². The molecule has 0 spiro atoms. The van der Waals surface area contributed by atoms with Crippen molar-refractivity contribution in [2.75, 3.05) is 0 Å². The van der Waals surface area contributed by atoms with Crippen LogP contribution < -0.4 is 5.32 Å². The molecular weight excluding hydrogens is 390 g/mol. The van der Waals surface area contributed by atoms with Gasteiger partial charge in [0.05, 0.1) is 0 Å². The monoisotopic (exact) mass is 431 g/mol. The molecule has 0 unspecified atom stereocenters. The summed E-state index contributed by atoms with van der Waals surface area (Å²) in [7, 11) is 0. The van der Waals surface area contributed by atoms with E-state index in [0.717, 1.165) is 24.8 Å². The quantitative estimate of drug-likeness (QED) is 0.213. The van der Waals surface area contributed by atoms with Crippen molar-refractivity contribution in [3.8, 4) is 0 Å². The van der Waals surface area contributed by atoms with Crippen molar-refractivity contribution >= 4 is 17.7 Å². The first kappa shape index (κ1) is 26.9. The van der Waals surface area contributed by atoms with Crippen LogP contribution >= 0.6 is 0 Å². The maximum atomic E-state index is 12.3. The third-order valence-corrected chi connectivity index (χ3v) is 5.63. The van der Waals surface area contributed by atoms with Gasteiger partial charge in [0.15, 0.2) is 0 Å². The van der Waals surface area contributed by atoms with Crippen LogP contribution in [0.1, 0.15) is 102 Å². The number of Topliss-reactive ketones (excluding diaryl/α,β-unsaturated/α-hetero) is 1. The average molecular weight is 432 g/mol. The van der Waals surface area contributed by atoms with Crippen molar-refractivity contribution < 1.29 is 19.5 Å². The van der Waals surface area contributed by atoms with Crippen molar-refractivity contribution in [3.05, 3.63) is 35.9 Å². The lowest BCUT2D eigenvalue weighted by Gasteiger charge is -2.18. The lowest BCUT2D eigenvalue weighted by Crippen LogP contribution is -2.40. The molecule has 1 amide bonds. The number of hydrogen-bond acceptors (Lipinski definition) is 3. The lowest BCUT2D eigenvalue weighted by atomic mass is 10.0. The molecule has 1 rings (SSSR count). The molecule has 2 N–H and O–H groups in total. The molecule has 1 aromatic rings. The summed E-state index contributed by atoms with van der Waals surface area (Å²) in [5, 5.41) is 11.7. The van der Waals surface area contributed by atoms with Gasteiger partial charge in [0.25, 0.3) is 5.91 Å². The summed E-state index contributed by atoms with van der Waals surface area (Å²) in [6, 6.07) is 9.24. The van der Waals surface area contributed by atoms with E-state index in [1.54, 1.807) is 0 Å². The van der Waals surface area contributed by atoms with Gasteiger partial charge in [-0.15, -0.1) is 0 Å². The molecule has 174 valence electrons.